The van der Waals surface area contributed by atoms with Gasteiger partial charge >= 0.3 is 5.97 Å². The van der Waals surface area contributed by atoms with Gasteiger partial charge in [-0.2, -0.15) is 0 Å². The number of nitrogens with two attached hydrogens (primary N) is 1. The summed E-state index contributed by atoms with van der Waals surface area (Å²) in [6.07, 6.45) is 0.447. The third kappa shape index (κ3) is 2.19. The van der Waals surface area contributed by atoms with E-state index in [9.17, 15) is 9.90 Å². The van der Waals surface area contributed by atoms with E-state index in [0.29, 0.717) is 48.0 Å². The lowest BCUT2D eigenvalue weighted by molar-refractivity contribution is -0.140. The molecule has 0 radical (unpaired) electrons. The predicted octanol–water partition coefficient (Wildman–Crippen LogP) is 1.30. The van der Waals surface area contributed by atoms with Crippen LogP contribution < -0.4 is 15.2 Å². The molecule has 7 nitrogen and oxygen atoms in total. The fraction of sp³-hybridized carbons (Fsp3) is 0.429. The molecule has 3 N–H and O–H groups in total. The molecule has 1 aromatic carbocycles. The Hall–Kier alpha value is -2.28. The second kappa shape index (κ2) is 5.25. The van der Waals surface area contributed by atoms with Gasteiger partial charge in [-0.1, -0.05) is 6.92 Å². The SMILES string of the molecule is CCC(C(=O)O)n1c(CN)nc2cc3c(cc21)OCCO3. The Kier molecular flexibility index (Phi) is 3.42. The third-order valence-corrected chi connectivity index (χ3v) is 3.59. The number of carboxylic acid groups (broad SMARTS) is 1. The van der Waals surface area contributed by atoms with Crippen LogP contribution in [0.1, 0.15) is 25.2 Å². The first-order chi connectivity index (χ1) is 10.2. The minimum absolute atomic E-state index is 0.171. The van der Waals surface area contributed by atoms with Gasteiger partial charge in [0.05, 0.1) is 17.6 Å². The van der Waals surface area contributed by atoms with Gasteiger partial charge in [-0.05, 0) is 6.42 Å². The van der Waals surface area contributed by atoms with Crippen molar-refractivity contribution in [1.29, 1.82) is 0 Å². The maximum atomic E-state index is 11.5. The molecule has 0 saturated heterocycles. The highest BCUT2D eigenvalue weighted by molar-refractivity contribution is 5.83. The highest BCUT2D eigenvalue weighted by Crippen LogP contribution is 2.36. The van der Waals surface area contributed by atoms with E-state index in [1.165, 1.54) is 0 Å². The minimum atomic E-state index is -0.901. The number of aromatic nitrogens is 2. The van der Waals surface area contributed by atoms with Gasteiger partial charge in [-0.3, -0.25) is 0 Å². The van der Waals surface area contributed by atoms with E-state index in [4.69, 9.17) is 15.2 Å². The van der Waals surface area contributed by atoms with E-state index < -0.39 is 12.0 Å². The van der Waals surface area contributed by atoms with Crippen molar-refractivity contribution in [3.05, 3.63) is 18.0 Å². The van der Waals surface area contributed by atoms with Crippen LogP contribution in [-0.2, 0) is 11.3 Å². The van der Waals surface area contributed by atoms with E-state index in [2.05, 4.69) is 4.98 Å². The fourth-order valence-corrected chi connectivity index (χ4v) is 2.64. The van der Waals surface area contributed by atoms with Crippen LogP contribution in [0.4, 0.5) is 0 Å². The number of hydrogen-bond donors (Lipinski definition) is 2. The zero-order chi connectivity index (χ0) is 15.0. The van der Waals surface area contributed by atoms with Gasteiger partial charge in [0.2, 0.25) is 0 Å². The molecule has 21 heavy (non-hydrogen) atoms. The second-order valence-electron chi connectivity index (χ2n) is 4.85. The van der Waals surface area contributed by atoms with Crippen LogP contribution in [0.25, 0.3) is 11.0 Å². The van der Waals surface area contributed by atoms with Gasteiger partial charge < -0.3 is 24.9 Å². The molecule has 1 atom stereocenters. The predicted molar refractivity (Wildman–Crippen MR) is 75.6 cm³/mol. The Bertz CT molecular complexity index is 695. The first-order valence-electron chi connectivity index (χ1n) is 6.89. The Morgan fingerprint density at radius 3 is 2.67 bits per heavy atom. The summed E-state index contributed by atoms with van der Waals surface area (Å²) >= 11 is 0. The van der Waals surface area contributed by atoms with Crippen molar-refractivity contribution in [2.75, 3.05) is 13.2 Å². The number of hydrogen-bond acceptors (Lipinski definition) is 5. The van der Waals surface area contributed by atoms with Crippen molar-refractivity contribution in [2.24, 2.45) is 5.73 Å². The molecule has 112 valence electrons. The normalized spacial score (nSPS) is 15.1. The van der Waals surface area contributed by atoms with E-state index in [-0.39, 0.29) is 6.54 Å². The van der Waals surface area contributed by atoms with Gasteiger partial charge in [0.15, 0.2) is 11.5 Å². The number of nitrogens with zero attached hydrogens (tertiary/aromatic N) is 2. The Balaban J connectivity index is 2.23. The average molecular weight is 291 g/mol. The first-order valence-corrected chi connectivity index (χ1v) is 6.89. The summed E-state index contributed by atoms with van der Waals surface area (Å²) in [7, 11) is 0. The van der Waals surface area contributed by atoms with E-state index in [0.717, 1.165) is 0 Å². The first kappa shape index (κ1) is 13.7. The lowest BCUT2D eigenvalue weighted by Crippen LogP contribution is -2.21. The molecule has 0 amide bonds. The van der Waals surface area contributed by atoms with Crippen LogP contribution in [0.3, 0.4) is 0 Å². The summed E-state index contributed by atoms with van der Waals surface area (Å²) in [6.45, 7) is 2.97. The Labute approximate surface area is 121 Å². The van der Waals surface area contributed by atoms with Crippen molar-refractivity contribution in [1.82, 2.24) is 9.55 Å². The van der Waals surface area contributed by atoms with Crippen molar-refractivity contribution < 1.29 is 19.4 Å². The van der Waals surface area contributed by atoms with Crippen LogP contribution in [0.5, 0.6) is 11.5 Å². The number of ether oxygens (including phenoxy) is 2. The quantitative estimate of drug-likeness (QED) is 0.880. The largest absolute Gasteiger partial charge is 0.486 e. The maximum Gasteiger partial charge on any atom is 0.326 e. The lowest BCUT2D eigenvalue weighted by atomic mass is 10.2. The summed E-state index contributed by atoms with van der Waals surface area (Å²) in [5.41, 5.74) is 7.09. The molecular weight excluding hydrogens is 274 g/mol. The summed E-state index contributed by atoms with van der Waals surface area (Å²) in [4.78, 5) is 15.9. The molecule has 3 rings (SSSR count). The van der Waals surface area contributed by atoms with Gasteiger partial charge in [0, 0.05) is 12.1 Å². The van der Waals surface area contributed by atoms with E-state index >= 15 is 0 Å². The maximum absolute atomic E-state index is 11.5. The van der Waals surface area contributed by atoms with Crippen LogP contribution >= 0.6 is 0 Å². The molecule has 0 bridgehead atoms. The highest BCUT2D eigenvalue weighted by Gasteiger charge is 2.25. The third-order valence-electron chi connectivity index (χ3n) is 3.59. The summed E-state index contributed by atoms with van der Waals surface area (Å²) < 4.78 is 12.8. The number of benzene rings is 1. The van der Waals surface area contributed by atoms with Gasteiger partial charge in [-0.15, -0.1) is 0 Å². The Morgan fingerprint density at radius 2 is 2.10 bits per heavy atom. The molecule has 1 aliphatic heterocycles. The minimum Gasteiger partial charge on any atom is -0.486 e. The molecule has 1 aromatic heterocycles. The highest BCUT2D eigenvalue weighted by atomic mass is 16.6. The monoisotopic (exact) mass is 291 g/mol. The van der Waals surface area contributed by atoms with Crippen LogP contribution in [0.15, 0.2) is 12.1 Å². The Morgan fingerprint density at radius 1 is 1.43 bits per heavy atom. The molecule has 0 saturated carbocycles. The molecule has 2 heterocycles. The van der Waals surface area contributed by atoms with E-state index in [1.807, 2.05) is 6.92 Å². The van der Waals surface area contributed by atoms with Crippen LogP contribution in [-0.4, -0.2) is 33.8 Å². The molecule has 2 aromatic rings. The number of aliphatic carboxylic acids is 1. The fourth-order valence-electron chi connectivity index (χ4n) is 2.64. The molecule has 0 fully saturated rings. The molecular formula is C14H17N3O4. The van der Waals surface area contributed by atoms with Crippen LogP contribution in [0, 0.1) is 0 Å². The molecule has 0 aliphatic carbocycles. The zero-order valence-corrected chi connectivity index (χ0v) is 11.7. The van der Waals surface area contributed by atoms with Gasteiger partial charge in [-0.25, -0.2) is 9.78 Å². The molecule has 1 unspecified atom stereocenters. The van der Waals surface area contributed by atoms with Crippen molar-refractivity contribution in [2.45, 2.75) is 25.9 Å². The number of rotatable bonds is 4. The van der Waals surface area contributed by atoms with Crippen molar-refractivity contribution in [3.8, 4) is 11.5 Å². The molecule has 1 aliphatic rings. The topological polar surface area (TPSA) is 99.6 Å². The standard InChI is InChI=1S/C14H17N3O4/c1-2-9(14(18)19)17-10-6-12-11(20-3-4-21-12)5-8(10)16-13(17)7-15/h5-6,9H,2-4,7,15H2,1H3,(H,18,19). The summed E-state index contributed by atoms with van der Waals surface area (Å²) in [6, 6.07) is 2.85. The zero-order valence-electron chi connectivity index (χ0n) is 11.7. The molecule has 7 heteroatoms. The number of carboxylic acids is 1. The number of fused-ring (bicyclic) bond motifs is 2. The van der Waals surface area contributed by atoms with Crippen molar-refractivity contribution in [3.63, 3.8) is 0 Å². The average Bonchev–Trinajstić information content (AvgIpc) is 2.83. The summed E-state index contributed by atoms with van der Waals surface area (Å²) in [5.74, 6) is 0.882. The van der Waals surface area contributed by atoms with Gasteiger partial charge in [0.25, 0.3) is 0 Å². The second-order valence-corrected chi connectivity index (χ2v) is 4.85. The number of carbonyl (C=O) groups is 1. The lowest BCUT2D eigenvalue weighted by Gasteiger charge is -2.19. The van der Waals surface area contributed by atoms with Gasteiger partial charge in [0.1, 0.15) is 25.1 Å². The van der Waals surface area contributed by atoms with Crippen molar-refractivity contribution >= 4 is 17.0 Å². The number of imidazole rings is 1. The van der Waals surface area contributed by atoms with Crippen LogP contribution in [0.2, 0.25) is 0 Å². The van der Waals surface area contributed by atoms with E-state index in [1.54, 1.807) is 16.7 Å². The molecule has 0 spiro atoms. The summed E-state index contributed by atoms with van der Waals surface area (Å²) in [5, 5.41) is 9.42. The smallest absolute Gasteiger partial charge is 0.326 e.